The predicted molar refractivity (Wildman–Crippen MR) is 113 cm³/mol. The van der Waals surface area contributed by atoms with Gasteiger partial charge in [-0.1, -0.05) is 43.5 Å². The van der Waals surface area contributed by atoms with Crippen molar-refractivity contribution >= 4 is 16.9 Å². The van der Waals surface area contributed by atoms with E-state index < -0.39 is 0 Å². The number of fused-ring (bicyclic) bond motifs is 1. The molecule has 0 spiro atoms. The first-order chi connectivity index (χ1) is 14.1. The maximum Gasteiger partial charge on any atom is 0.287 e. The third-order valence-corrected chi connectivity index (χ3v) is 6.04. The average molecular weight is 393 g/mol. The second kappa shape index (κ2) is 8.19. The smallest absolute Gasteiger partial charge is 0.287 e. The summed E-state index contributed by atoms with van der Waals surface area (Å²) in [5, 5.41) is 4.07. The van der Waals surface area contributed by atoms with Crippen LogP contribution in [0, 0.1) is 0 Å². The number of carbonyl (C=O) groups excluding carboxylic acids is 1. The molecule has 0 saturated heterocycles. The van der Waals surface area contributed by atoms with Crippen molar-refractivity contribution in [3.8, 4) is 11.5 Å². The van der Waals surface area contributed by atoms with Crippen molar-refractivity contribution in [3.63, 3.8) is 0 Å². The monoisotopic (exact) mass is 393 g/mol. The summed E-state index contributed by atoms with van der Waals surface area (Å²) >= 11 is 0. The summed E-state index contributed by atoms with van der Waals surface area (Å²) in [6.07, 6.45) is 5.59. The summed E-state index contributed by atoms with van der Waals surface area (Å²) in [5.41, 5.74) is 1.80. The number of hydrogen-bond acceptors (Lipinski definition) is 4. The van der Waals surface area contributed by atoms with E-state index in [1.165, 1.54) is 12.0 Å². The quantitative estimate of drug-likeness (QED) is 0.634. The molecule has 2 aromatic carbocycles. The zero-order valence-electron chi connectivity index (χ0n) is 17.0. The molecule has 152 valence electrons. The number of rotatable bonds is 6. The van der Waals surface area contributed by atoms with E-state index >= 15 is 0 Å². The van der Waals surface area contributed by atoms with Crippen molar-refractivity contribution in [1.82, 2.24) is 5.32 Å². The lowest BCUT2D eigenvalue weighted by Gasteiger charge is -2.38. The Kier molecular flexibility index (Phi) is 5.47. The zero-order valence-corrected chi connectivity index (χ0v) is 17.0. The molecule has 0 radical (unpaired) electrons. The number of methoxy groups -OCH3 is 2. The van der Waals surface area contributed by atoms with Gasteiger partial charge in [0.2, 0.25) is 0 Å². The normalized spacial score (nSPS) is 15.8. The van der Waals surface area contributed by atoms with Gasteiger partial charge in [-0.25, -0.2) is 0 Å². The molecule has 3 aromatic rings. The van der Waals surface area contributed by atoms with E-state index in [1.54, 1.807) is 20.3 Å². The molecule has 1 saturated carbocycles. The molecule has 1 aliphatic rings. The maximum absolute atomic E-state index is 12.8. The van der Waals surface area contributed by atoms with Gasteiger partial charge in [0.05, 0.1) is 14.2 Å². The molecule has 1 aliphatic carbocycles. The van der Waals surface area contributed by atoms with Crippen LogP contribution in [0.1, 0.15) is 48.2 Å². The summed E-state index contributed by atoms with van der Waals surface area (Å²) < 4.78 is 16.6. The fraction of sp³-hybridized carbons (Fsp3) is 0.375. The number of furan rings is 1. The number of hydrogen-bond donors (Lipinski definition) is 1. The van der Waals surface area contributed by atoms with Crippen LogP contribution in [0.2, 0.25) is 0 Å². The lowest BCUT2D eigenvalue weighted by molar-refractivity contribution is 0.0911. The Morgan fingerprint density at radius 2 is 1.76 bits per heavy atom. The Labute approximate surface area is 171 Å². The molecular weight excluding hydrogens is 366 g/mol. The van der Waals surface area contributed by atoms with Gasteiger partial charge >= 0.3 is 0 Å². The van der Waals surface area contributed by atoms with E-state index in [9.17, 15) is 4.79 Å². The first-order valence-corrected chi connectivity index (χ1v) is 10.1. The third-order valence-electron chi connectivity index (χ3n) is 6.04. The molecule has 4 rings (SSSR count). The van der Waals surface area contributed by atoms with Crippen LogP contribution in [0.25, 0.3) is 11.0 Å². The van der Waals surface area contributed by atoms with E-state index in [1.807, 2.05) is 30.3 Å². The molecule has 1 amide bonds. The second-order valence-corrected chi connectivity index (χ2v) is 7.74. The molecule has 1 fully saturated rings. The highest BCUT2D eigenvalue weighted by Gasteiger charge is 2.35. The molecule has 0 bridgehead atoms. The zero-order chi connectivity index (χ0) is 20.3. The topological polar surface area (TPSA) is 60.7 Å². The highest BCUT2D eigenvalue weighted by Crippen LogP contribution is 2.42. The predicted octanol–water partition coefficient (Wildman–Crippen LogP) is 5.08. The van der Waals surface area contributed by atoms with Crippen LogP contribution in [-0.4, -0.2) is 26.7 Å². The molecule has 0 atom stereocenters. The standard InChI is InChI=1S/C24H27NO4/c1-27-20-11-10-18(15-21(20)28-2)24(12-6-3-7-13-24)16-25-23(26)22-14-17-8-4-5-9-19(17)29-22/h4-5,8-11,14-15H,3,6-7,12-13,16H2,1-2H3,(H,25,26). The van der Waals surface area contributed by atoms with Crippen LogP contribution in [0.3, 0.4) is 0 Å². The first kappa shape index (κ1) is 19.4. The summed E-state index contributed by atoms with van der Waals surface area (Å²) in [7, 11) is 3.29. The van der Waals surface area contributed by atoms with Crippen molar-refractivity contribution < 1.29 is 18.7 Å². The Balaban J connectivity index is 1.57. The largest absolute Gasteiger partial charge is 0.493 e. The lowest BCUT2D eigenvalue weighted by atomic mass is 9.69. The molecular formula is C24H27NO4. The average Bonchev–Trinajstić information content (AvgIpc) is 3.22. The van der Waals surface area contributed by atoms with Gasteiger partial charge in [0.1, 0.15) is 5.58 Å². The minimum absolute atomic E-state index is 0.112. The van der Waals surface area contributed by atoms with Crippen LogP contribution in [-0.2, 0) is 5.41 Å². The van der Waals surface area contributed by atoms with Gasteiger partial charge in [-0.05, 0) is 42.7 Å². The van der Waals surface area contributed by atoms with Gasteiger partial charge in [-0.15, -0.1) is 0 Å². The fourth-order valence-corrected chi connectivity index (χ4v) is 4.39. The fourth-order valence-electron chi connectivity index (χ4n) is 4.39. The van der Waals surface area contributed by atoms with Crippen molar-refractivity contribution in [2.75, 3.05) is 20.8 Å². The molecule has 5 nitrogen and oxygen atoms in total. The summed E-state index contributed by atoms with van der Waals surface area (Å²) in [6.45, 7) is 0.568. The lowest BCUT2D eigenvalue weighted by Crippen LogP contribution is -2.42. The van der Waals surface area contributed by atoms with E-state index in [4.69, 9.17) is 13.9 Å². The molecule has 1 aromatic heterocycles. The van der Waals surface area contributed by atoms with E-state index in [2.05, 4.69) is 17.4 Å². The summed E-state index contributed by atoms with van der Waals surface area (Å²) in [4.78, 5) is 12.8. The number of nitrogens with one attached hydrogen (secondary N) is 1. The van der Waals surface area contributed by atoms with Crippen LogP contribution < -0.4 is 14.8 Å². The van der Waals surface area contributed by atoms with Crippen LogP contribution in [0.4, 0.5) is 0 Å². The minimum atomic E-state index is -0.174. The highest BCUT2D eigenvalue weighted by molar-refractivity contribution is 5.96. The van der Waals surface area contributed by atoms with Gasteiger partial charge in [0.25, 0.3) is 5.91 Å². The van der Waals surface area contributed by atoms with E-state index in [-0.39, 0.29) is 11.3 Å². The molecule has 0 unspecified atom stereocenters. The molecule has 29 heavy (non-hydrogen) atoms. The van der Waals surface area contributed by atoms with Crippen molar-refractivity contribution in [2.24, 2.45) is 0 Å². The summed E-state index contributed by atoms with van der Waals surface area (Å²) in [5.74, 6) is 1.61. The number of ether oxygens (including phenoxy) is 2. The molecule has 1 heterocycles. The molecule has 5 heteroatoms. The number of benzene rings is 2. The molecule has 0 aliphatic heterocycles. The van der Waals surface area contributed by atoms with Gasteiger partial charge in [-0.2, -0.15) is 0 Å². The van der Waals surface area contributed by atoms with Gasteiger partial charge in [-0.3, -0.25) is 4.79 Å². The SMILES string of the molecule is COc1ccc(C2(CNC(=O)c3cc4ccccc4o3)CCCCC2)cc1OC. The van der Waals surface area contributed by atoms with Crippen molar-refractivity contribution in [1.29, 1.82) is 0 Å². The van der Waals surface area contributed by atoms with Crippen LogP contribution in [0.15, 0.2) is 52.9 Å². The second-order valence-electron chi connectivity index (χ2n) is 7.74. The first-order valence-electron chi connectivity index (χ1n) is 10.1. The van der Waals surface area contributed by atoms with Gasteiger partial charge < -0.3 is 19.2 Å². The number of amides is 1. The van der Waals surface area contributed by atoms with Gasteiger partial charge in [0, 0.05) is 17.3 Å². The minimum Gasteiger partial charge on any atom is -0.493 e. The van der Waals surface area contributed by atoms with E-state index in [0.717, 1.165) is 42.4 Å². The Hall–Kier alpha value is -2.95. The number of carbonyl (C=O) groups is 1. The Morgan fingerprint density at radius 1 is 1.00 bits per heavy atom. The Morgan fingerprint density at radius 3 is 2.48 bits per heavy atom. The van der Waals surface area contributed by atoms with Crippen LogP contribution >= 0.6 is 0 Å². The van der Waals surface area contributed by atoms with Crippen LogP contribution in [0.5, 0.6) is 11.5 Å². The van der Waals surface area contributed by atoms with Crippen molar-refractivity contribution in [3.05, 3.63) is 59.9 Å². The van der Waals surface area contributed by atoms with Gasteiger partial charge in [0.15, 0.2) is 17.3 Å². The van der Waals surface area contributed by atoms with E-state index in [0.29, 0.717) is 18.1 Å². The number of para-hydroxylation sites is 1. The maximum atomic E-state index is 12.8. The third kappa shape index (κ3) is 3.82. The summed E-state index contributed by atoms with van der Waals surface area (Å²) in [6, 6.07) is 15.6. The van der Waals surface area contributed by atoms with Crippen molar-refractivity contribution in [2.45, 2.75) is 37.5 Å². The Bertz CT molecular complexity index is 968. The highest BCUT2D eigenvalue weighted by atomic mass is 16.5. The molecule has 1 N–H and O–H groups in total.